The van der Waals surface area contributed by atoms with Crippen LogP contribution in [0.3, 0.4) is 0 Å². The molecule has 0 aliphatic rings. The molecule has 0 bridgehead atoms. The second-order valence-corrected chi connectivity index (χ2v) is 10.8. The molecular weight excluding hydrogens is 547 g/mol. The molecule has 0 aliphatic carbocycles. The molecule has 0 aromatic heterocycles. The van der Waals surface area contributed by atoms with Crippen LogP contribution in [0.15, 0.2) is 102 Å². The number of nitrogens with zero attached hydrogens (tertiary/aromatic N) is 1. The highest BCUT2D eigenvalue weighted by Crippen LogP contribution is 2.28. The van der Waals surface area contributed by atoms with Gasteiger partial charge in [-0.25, -0.2) is 8.42 Å². The molecule has 0 unspecified atom stereocenters. The predicted molar refractivity (Wildman–Crippen MR) is 149 cm³/mol. The Bertz CT molecular complexity index is 1560. The molecule has 0 spiro atoms. The van der Waals surface area contributed by atoms with Crippen molar-refractivity contribution in [3.63, 3.8) is 0 Å². The first kappa shape index (κ1) is 27.2. The number of carbonyl (C=O) groups is 2. The number of methoxy groups -OCH3 is 1. The van der Waals surface area contributed by atoms with E-state index in [0.29, 0.717) is 21.4 Å². The third kappa shape index (κ3) is 6.16. The summed E-state index contributed by atoms with van der Waals surface area (Å²) in [6, 6.07) is 24.9. The molecule has 1 amide bonds. The fraction of sp³-hybridized carbons (Fsp3) is 0.0714. The summed E-state index contributed by atoms with van der Waals surface area (Å²) in [5.41, 5.74) is 1.02. The lowest BCUT2D eigenvalue weighted by Gasteiger charge is -2.24. The fourth-order valence-corrected chi connectivity index (χ4v) is 5.39. The maximum atomic E-state index is 13.6. The van der Waals surface area contributed by atoms with Crippen molar-refractivity contribution in [2.45, 2.75) is 4.90 Å². The van der Waals surface area contributed by atoms with Crippen molar-refractivity contribution in [2.24, 2.45) is 0 Å². The van der Waals surface area contributed by atoms with E-state index in [1.165, 1.54) is 73.8 Å². The largest absolute Gasteiger partial charge is 0.497 e. The Kier molecular flexibility index (Phi) is 8.36. The van der Waals surface area contributed by atoms with Gasteiger partial charge in [-0.3, -0.25) is 13.9 Å². The standard InChI is InChI=1S/C28H22Cl2N2O5S/c1-37-23-12-14-24(15-13-23)38(35,36)32(22-10-7-20(29)8-11-22)18-27(33)31-26-16-9-21(30)17-25(26)28(34)19-5-3-2-4-6-19/h2-17H,18H2,1H3,(H,31,33). The van der Waals surface area contributed by atoms with Crippen molar-refractivity contribution in [1.82, 2.24) is 0 Å². The SMILES string of the molecule is COc1ccc(S(=O)(=O)N(CC(=O)Nc2ccc(Cl)cc2C(=O)c2ccccc2)c2ccc(Cl)cc2)cc1. The van der Waals surface area contributed by atoms with E-state index in [2.05, 4.69) is 5.32 Å². The summed E-state index contributed by atoms with van der Waals surface area (Å²) in [6.45, 7) is -0.572. The Morgan fingerprint density at radius 1 is 0.842 bits per heavy atom. The zero-order valence-electron chi connectivity index (χ0n) is 20.1. The average Bonchev–Trinajstić information content (AvgIpc) is 2.93. The molecule has 0 saturated carbocycles. The summed E-state index contributed by atoms with van der Waals surface area (Å²) in [7, 11) is -2.70. The lowest BCUT2D eigenvalue weighted by atomic mass is 10.0. The molecule has 4 aromatic carbocycles. The van der Waals surface area contributed by atoms with Gasteiger partial charge in [0.25, 0.3) is 10.0 Å². The number of carbonyl (C=O) groups excluding carboxylic acids is 2. The molecular formula is C28H22Cl2N2O5S. The van der Waals surface area contributed by atoms with Crippen molar-refractivity contribution in [3.05, 3.63) is 118 Å². The number of ether oxygens (including phenoxy) is 1. The molecule has 0 aliphatic heterocycles. The van der Waals surface area contributed by atoms with Crippen LogP contribution >= 0.6 is 23.2 Å². The summed E-state index contributed by atoms with van der Waals surface area (Å²) < 4.78 is 33.3. The quantitative estimate of drug-likeness (QED) is 0.247. The zero-order valence-corrected chi connectivity index (χ0v) is 22.4. The molecule has 0 atom stereocenters. The van der Waals surface area contributed by atoms with Crippen molar-refractivity contribution in [2.75, 3.05) is 23.3 Å². The minimum atomic E-state index is -4.17. The molecule has 0 saturated heterocycles. The van der Waals surface area contributed by atoms with E-state index in [-0.39, 0.29) is 27.6 Å². The van der Waals surface area contributed by atoms with E-state index in [4.69, 9.17) is 27.9 Å². The molecule has 4 aromatic rings. The van der Waals surface area contributed by atoms with Gasteiger partial charge in [0.15, 0.2) is 5.78 Å². The van der Waals surface area contributed by atoms with Crippen LogP contribution in [0, 0.1) is 0 Å². The first-order chi connectivity index (χ1) is 18.2. The number of hydrogen-bond acceptors (Lipinski definition) is 5. The van der Waals surface area contributed by atoms with E-state index in [9.17, 15) is 18.0 Å². The summed E-state index contributed by atoms with van der Waals surface area (Å²) >= 11 is 12.1. The van der Waals surface area contributed by atoms with Crippen LogP contribution < -0.4 is 14.4 Å². The molecule has 38 heavy (non-hydrogen) atoms. The van der Waals surface area contributed by atoms with Crippen LogP contribution in [0.5, 0.6) is 5.75 Å². The molecule has 0 heterocycles. The molecule has 194 valence electrons. The average molecular weight is 569 g/mol. The van der Waals surface area contributed by atoms with E-state index in [0.717, 1.165) is 4.31 Å². The highest BCUT2D eigenvalue weighted by molar-refractivity contribution is 7.92. The van der Waals surface area contributed by atoms with Gasteiger partial charge in [0.1, 0.15) is 12.3 Å². The maximum Gasteiger partial charge on any atom is 0.264 e. The normalized spacial score (nSPS) is 11.0. The second-order valence-electron chi connectivity index (χ2n) is 8.10. The van der Waals surface area contributed by atoms with Crippen molar-refractivity contribution < 1.29 is 22.7 Å². The number of ketones is 1. The molecule has 0 radical (unpaired) electrons. The number of benzene rings is 4. The summed E-state index contributed by atoms with van der Waals surface area (Å²) in [5, 5.41) is 3.39. The van der Waals surface area contributed by atoms with Gasteiger partial charge < -0.3 is 10.1 Å². The molecule has 10 heteroatoms. The number of rotatable bonds is 9. The van der Waals surface area contributed by atoms with Crippen molar-refractivity contribution in [3.8, 4) is 5.75 Å². The summed E-state index contributed by atoms with van der Waals surface area (Å²) in [6.07, 6.45) is 0. The second kappa shape index (κ2) is 11.7. The Hall–Kier alpha value is -3.85. The lowest BCUT2D eigenvalue weighted by Crippen LogP contribution is -2.38. The lowest BCUT2D eigenvalue weighted by molar-refractivity contribution is -0.114. The van der Waals surface area contributed by atoms with Gasteiger partial charge in [-0.1, -0.05) is 53.5 Å². The third-order valence-corrected chi connectivity index (χ3v) is 7.86. The predicted octanol–water partition coefficient (Wildman–Crippen LogP) is 6.07. The highest BCUT2D eigenvalue weighted by Gasteiger charge is 2.28. The first-order valence-corrected chi connectivity index (χ1v) is 13.5. The van der Waals surface area contributed by atoms with Crippen LogP contribution in [0.1, 0.15) is 15.9 Å². The molecule has 7 nitrogen and oxygen atoms in total. The molecule has 0 fully saturated rings. The summed E-state index contributed by atoms with van der Waals surface area (Å²) in [5.74, 6) is -0.525. The minimum absolute atomic E-state index is 0.0347. The van der Waals surface area contributed by atoms with E-state index < -0.39 is 22.5 Å². The summed E-state index contributed by atoms with van der Waals surface area (Å²) in [4.78, 5) is 26.3. The van der Waals surface area contributed by atoms with Crippen LogP contribution in [-0.4, -0.2) is 33.8 Å². The van der Waals surface area contributed by atoms with Crippen molar-refractivity contribution >= 4 is 56.3 Å². The van der Waals surface area contributed by atoms with Gasteiger partial charge in [0.05, 0.1) is 23.4 Å². The first-order valence-electron chi connectivity index (χ1n) is 11.3. The Morgan fingerprint density at radius 2 is 1.47 bits per heavy atom. The smallest absolute Gasteiger partial charge is 0.264 e. The maximum absolute atomic E-state index is 13.6. The highest BCUT2D eigenvalue weighted by atomic mass is 35.5. The third-order valence-electron chi connectivity index (χ3n) is 5.59. The van der Waals surface area contributed by atoms with Gasteiger partial charge in [-0.15, -0.1) is 0 Å². The van der Waals surface area contributed by atoms with Crippen LogP contribution in [0.4, 0.5) is 11.4 Å². The van der Waals surface area contributed by atoms with Gasteiger partial charge in [-0.2, -0.15) is 0 Å². The topological polar surface area (TPSA) is 92.8 Å². The molecule has 4 rings (SSSR count). The zero-order chi connectivity index (χ0) is 27.3. The number of nitrogens with one attached hydrogen (secondary N) is 1. The number of anilines is 2. The van der Waals surface area contributed by atoms with Gasteiger partial charge in [0.2, 0.25) is 5.91 Å². The Morgan fingerprint density at radius 3 is 2.11 bits per heavy atom. The van der Waals surface area contributed by atoms with E-state index in [1.54, 1.807) is 30.3 Å². The van der Waals surface area contributed by atoms with Crippen LogP contribution in [0.25, 0.3) is 0 Å². The Balaban J connectivity index is 1.66. The number of hydrogen-bond donors (Lipinski definition) is 1. The van der Waals surface area contributed by atoms with Gasteiger partial charge in [0, 0.05) is 21.2 Å². The fourth-order valence-electron chi connectivity index (χ4n) is 3.68. The number of amides is 1. The van der Waals surface area contributed by atoms with Gasteiger partial charge in [-0.05, 0) is 66.7 Å². The number of halogens is 2. The van der Waals surface area contributed by atoms with E-state index in [1.807, 2.05) is 0 Å². The van der Waals surface area contributed by atoms with Crippen LogP contribution in [0.2, 0.25) is 10.0 Å². The van der Waals surface area contributed by atoms with E-state index >= 15 is 0 Å². The monoisotopic (exact) mass is 568 g/mol. The van der Waals surface area contributed by atoms with Gasteiger partial charge >= 0.3 is 0 Å². The Labute approximate surface area is 230 Å². The van der Waals surface area contributed by atoms with Crippen LogP contribution in [-0.2, 0) is 14.8 Å². The minimum Gasteiger partial charge on any atom is -0.497 e. The van der Waals surface area contributed by atoms with Crippen molar-refractivity contribution in [1.29, 1.82) is 0 Å². The molecule has 1 N–H and O–H groups in total. The number of sulfonamides is 1.